The van der Waals surface area contributed by atoms with Crippen molar-refractivity contribution < 1.29 is 29.2 Å². The molecule has 3 fully saturated rings. The van der Waals surface area contributed by atoms with Crippen LogP contribution in [0.4, 0.5) is 5.69 Å². The SMILES string of the molecule is O=C(O)CCN1C(=O)[C@@H]2[C@H]3C[C@@H]([C@@H]2C1=O)[C@@H]1[C@@H](c2cc([N+](=O)[O-])ccc2OCc2ccccc2Cl)c2sc(=O)[nH]c2S[C@@H]31. The number of rotatable bonds is 8. The first kappa shape index (κ1) is 28.1. The first-order valence-corrected chi connectivity index (χ1v) is 15.8. The maximum atomic E-state index is 13.6. The zero-order valence-corrected chi connectivity index (χ0v) is 24.7. The number of carbonyl (C=O) groups excluding carboxylic acids is 2. The minimum absolute atomic E-state index is 0.110. The van der Waals surface area contributed by atoms with Gasteiger partial charge in [0.05, 0.1) is 28.2 Å². The van der Waals surface area contributed by atoms with E-state index in [1.54, 1.807) is 18.2 Å². The van der Waals surface area contributed by atoms with Crippen LogP contribution in [0.25, 0.3) is 0 Å². The summed E-state index contributed by atoms with van der Waals surface area (Å²) in [7, 11) is 0. The van der Waals surface area contributed by atoms with E-state index >= 15 is 0 Å². The molecule has 0 unspecified atom stereocenters. The summed E-state index contributed by atoms with van der Waals surface area (Å²) in [4.78, 5) is 66.8. The van der Waals surface area contributed by atoms with Crippen molar-refractivity contribution in [3.63, 3.8) is 0 Å². The van der Waals surface area contributed by atoms with Crippen LogP contribution < -0.4 is 9.61 Å². The maximum Gasteiger partial charge on any atom is 0.305 e. The summed E-state index contributed by atoms with van der Waals surface area (Å²) in [5.41, 5.74) is 1.14. The number of thioether (sulfide) groups is 1. The van der Waals surface area contributed by atoms with Gasteiger partial charge in [-0.1, -0.05) is 41.1 Å². The molecule has 11 nitrogen and oxygen atoms in total. The molecule has 0 radical (unpaired) electrons. The Morgan fingerprint density at radius 1 is 1.14 bits per heavy atom. The molecule has 2 N–H and O–H groups in total. The van der Waals surface area contributed by atoms with E-state index in [-0.39, 0.29) is 65.0 Å². The normalized spacial score (nSPS) is 28.5. The first-order chi connectivity index (χ1) is 20.6. The smallest absolute Gasteiger partial charge is 0.305 e. The third-order valence-corrected chi connectivity index (χ3v) is 12.2. The Balaban J connectivity index is 1.31. The molecular weight excluding hydrogens is 618 g/mol. The van der Waals surface area contributed by atoms with Gasteiger partial charge in [0.2, 0.25) is 11.8 Å². The predicted octanol–water partition coefficient (Wildman–Crippen LogP) is 4.53. The van der Waals surface area contributed by atoms with Gasteiger partial charge in [0.25, 0.3) is 5.69 Å². The summed E-state index contributed by atoms with van der Waals surface area (Å²) < 4.78 is 6.26. The lowest BCUT2D eigenvalue weighted by atomic mass is 9.68. The van der Waals surface area contributed by atoms with Crippen LogP contribution >= 0.6 is 34.7 Å². The summed E-state index contributed by atoms with van der Waals surface area (Å²) >= 11 is 8.89. The van der Waals surface area contributed by atoms with Crippen molar-refractivity contribution in [3.8, 4) is 5.75 Å². The lowest BCUT2D eigenvalue weighted by Gasteiger charge is -2.43. The third kappa shape index (κ3) is 4.47. The molecular formula is C29H24ClN3O8S2. The molecule has 2 aromatic carbocycles. The Morgan fingerprint density at radius 3 is 2.60 bits per heavy atom. The molecule has 4 aliphatic rings. The van der Waals surface area contributed by atoms with E-state index in [2.05, 4.69) is 4.98 Å². The van der Waals surface area contributed by atoms with Crippen LogP contribution in [-0.4, -0.2) is 49.5 Å². The highest BCUT2D eigenvalue weighted by molar-refractivity contribution is 8.00. The van der Waals surface area contributed by atoms with Crippen LogP contribution in [0.3, 0.4) is 0 Å². The van der Waals surface area contributed by atoms with Crippen LogP contribution in [-0.2, 0) is 21.0 Å². The quantitative estimate of drug-likeness (QED) is 0.205. The van der Waals surface area contributed by atoms with Crippen molar-refractivity contribution in [1.82, 2.24) is 9.88 Å². The third-order valence-electron chi connectivity index (χ3n) is 9.24. The zero-order chi connectivity index (χ0) is 30.2. The number of aromatic nitrogens is 1. The minimum Gasteiger partial charge on any atom is -0.489 e. The van der Waals surface area contributed by atoms with E-state index in [4.69, 9.17) is 21.4 Å². The fraction of sp³-hybridized carbons (Fsp3) is 0.379. The van der Waals surface area contributed by atoms with Gasteiger partial charge in [0.1, 0.15) is 12.4 Å². The van der Waals surface area contributed by atoms with E-state index in [0.717, 1.165) is 26.7 Å². The summed E-state index contributed by atoms with van der Waals surface area (Å²) in [5, 5.41) is 22.1. The number of benzene rings is 2. The van der Waals surface area contributed by atoms with Crippen LogP contribution in [0.2, 0.25) is 5.02 Å². The van der Waals surface area contributed by atoms with Gasteiger partial charge in [0, 0.05) is 50.9 Å². The Morgan fingerprint density at radius 2 is 1.88 bits per heavy atom. The van der Waals surface area contributed by atoms with Gasteiger partial charge in [-0.3, -0.25) is 34.2 Å². The van der Waals surface area contributed by atoms with E-state index in [0.29, 0.717) is 27.8 Å². The van der Waals surface area contributed by atoms with Crippen LogP contribution in [0.5, 0.6) is 5.75 Å². The van der Waals surface area contributed by atoms with E-state index < -0.39 is 28.6 Å². The number of H-pyrrole nitrogens is 1. The molecule has 1 aromatic heterocycles. The molecule has 14 heteroatoms. The number of nitro benzene ring substituents is 1. The van der Waals surface area contributed by atoms with Gasteiger partial charge < -0.3 is 14.8 Å². The number of nitrogens with zero attached hydrogens (tertiary/aromatic N) is 2. The topological polar surface area (TPSA) is 160 Å². The molecule has 222 valence electrons. The highest BCUT2D eigenvalue weighted by Crippen LogP contribution is 2.69. The molecule has 2 aliphatic carbocycles. The summed E-state index contributed by atoms with van der Waals surface area (Å²) in [6, 6.07) is 11.6. The number of carboxylic acids is 1. The van der Waals surface area contributed by atoms with Crippen LogP contribution in [0.1, 0.15) is 34.8 Å². The number of hydrogen-bond acceptors (Lipinski definition) is 9. The van der Waals surface area contributed by atoms with Crippen molar-refractivity contribution in [2.24, 2.45) is 29.6 Å². The Kier molecular flexibility index (Phi) is 6.86. The largest absolute Gasteiger partial charge is 0.489 e. The van der Waals surface area contributed by atoms with Crippen molar-refractivity contribution in [2.45, 2.75) is 35.6 Å². The molecule has 3 heterocycles. The van der Waals surface area contributed by atoms with Gasteiger partial charge in [-0.15, -0.1) is 11.8 Å². The maximum absolute atomic E-state index is 13.6. The molecule has 7 atom stereocenters. The first-order valence-electron chi connectivity index (χ1n) is 13.7. The average molecular weight is 642 g/mol. The minimum atomic E-state index is -1.09. The number of ether oxygens (including phenoxy) is 1. The molecule has 0 spiro atoms. The number of amides is 2. The fourth-order valence-electron chi connectivity index (χ4n) is 7.65. The van der Waals surface area contributed by atoms with Crippen molar-refractivity contribution in [3.05, 3.63) is 83.3 Å². The summed E-state index contributed by atoms with van der Waals surface area (Å²) in [6.45, 7) is -0.0600. The highest BCUT2D eigenvalue weighted by Gasteiger charge is 2.69. The fourth-order valence-corrected chi connectivity index (χ4v) is 10.7. The van der Waals surface area contributed by atoms with Gasteiger partial charge in [-0.2, -0.15) is 0 Å². The molecule has 2 saturated carbocycles. The second-order valence-corrected chi connectivity index (χ2v) is 13.9. The van der Waals surface area contributed by atoms with E-state index in [1.807, 2.05) is 12.1 Å². The number of aromatic amines is 1. The lowest BCUT2D eigenvalue weighted by molar-refractivity contribution is -0.385. The van der Waals surface area contributed by atoms with Gasteiger partial charge in [0.15, 0.2) is 0 Å². The van der Waals surface area contributed by atoms with E-state index in [1.165, 1.54) is 23.9 Å². The Bertz CT molecular complexity index is 1760. The van der Waals surface area contributed by atoms with Gasteiger partial charge in [-0.25, -0.2) is 0 Å². The monoisotopic (exact) mass is 641 g/mol. The summed E-state index contributed by atoms with van der Waals surface area (Å²) in [6.07, 6.45) is 0.303. The molecule has 2 aliphatic heterocycles. The number of likely N-dealkylation sites (tertiary alicyclic amines) is 1. The number of carboxylic acid groups (broad SMARTS) is 1. The number of imide groups is 1. The number of carbonyl (C=O) groups is 3. The van der Waals surface area contributed by atoms with Crippen molar-refractivity contribution in [2.75, 3.05) is 6.54 Å². The molecule has 3 aromatic rings. The lowest BCUT2D eigenvalue weighted by Crippen LogP contribution is -2.42. The number of halogens is 1. The van der Waals surface area contributed by atoms with Crippen LogP contribution in [0.15, 0.2) is 52.3 Å². The average Bonchev–Trinajstić information content (AvgIpc) is 3.70. The second kappa shape index (κ2) is 10.5. The molecule has 7 rings (SSSR count). The molecule has 1 saturated heterocycles. The van der Waals surface area contributed by atoms with Gasteiger partial charge >= 0.3 is 10.8 Å². The van der Waals surface area contributed by atoms with Crippen molar-refractivity contribution in [1.29, 1.82) is 0 Å². The Labute approximate surface area is 257 Å². The number of thiazole rings is 1. The number of fused-ring (bicyclic) bond motifs is 9. The number of non-ortho nitro benzene ring substituents is 1. The number of nitro groups is 1. The van der Waals surface area contributed by atoms with Gasteiger partial charge in [-0.05, 0) is 36.3 Å². The molecule has 43 heavy (non-hydrogen) atoms. The number of nitrogens with one attached hydrogen (secondary N) is 1. The predicted molar refractivity (Wildman–Crippen MR) is 156 cm³/mol. The molecule has 2 amide bonds. The highest BCUT2D eigenvalue weighted by atomic mass is 35.5. The zero-order valence-electron chi connectivity index (χ0n) is 22.3. The summed E-state index contributed by atoms with van der Waals surface area (Å²) in [5.74, 6) is -3.62. The van der Waals surface area contributed by atoms with Crippen molar-refractivity contribution >= 4 is 58.2 Å². The number of aliphatic carboxylic acids is 1. The van der Waals surface area contributed by atoms with Crippen LogP contribution in [0, 0.1) is 39.7 Å². The standard InChI is InChI=1S/C29H24ClN3O8S2/c30-17-4-2-1-3-12(17)11-41-18-6-5-13(33(39)40)9-14(18)20-21-15-10-16(24(21)42-26-25(20)43-29(38)31-26)23-22(15)27(36)32(28(23)37)8-7-19(34)35/h1-6,9,15-16,20-24H,7-8,10-11H2,(H,31,38)(H,34,35)/t15-,16-,20-,21-,22+,23-,24+/m1/s1. The second-order valence-electron chi connectivity index (χ2n) is 11.3. The van der Waals surface area contributed by atoms with E-state index in [9.17, 15) is 29.3 Å². The Hall–Kier alpha value is -3.68. The number of hydrogen-bond donors (Lipinski definition) is 2. The molecule has 2 bridgehead atoms.